The number of aliphatic hydroxyl groups is 1. The number of carbonyl (C=O) groups excluding carboxylic acids is 1. The van der Waals surface area contributed by atoms with E-state index in [4.69, 9.17) is 9.84 Å². The first kappa shape index (κ1) is 15.3. The van der Waals surface area contributed by atoms with Gasteiger partial charge >= 0.3 is 5.97 Å². The van der Waals surface area contributed by atoms with Crippen molar-refractivity contribution in [2.24, 2.45) is 0 Å². The lowest BCUT2D eigenvalue weighted by atomic mass is 10.2. The molecule has 1 aliphatic heterocycles. The SMILES string of the molecule is Cc1cccc(OCCC(=O)N2C[C@@H](O)C[C@H]2C(=O)O)c1. The van der Waals surface area contributed by atoms with Gasteiger partial charge in [0.1, 0.15) is 11.8 Å². The first-order valence-corrected chi connectivity index (χ1v) is 6.87. The molecule has 1 aromatic rings. The summed E-state index contributed by atoms with van der Waals surface area (Å²) in [5.41, 5.74) is 1.06. The Balaban J connectivity index is 1.85. The second-order valence-corrected chi connectivity index (χ2v) is 5.20. The van der Waals surface area contributed by atoms with Gasteiger partial charge in [-0.2, -0.15) is 0 Å². The highest BCUT2D eigenvalue weighted by atomic mass is 16.5. The van der Waals surface area contributed by atoms with E-state index in [-0.39, 0.29) is 31.9 Å². The molecule has 0 saturated carbocycles. The molecule has 2 rings (SSSR count). The number of hydrogen-bond acceptors (Lipinski definition) is 4. The van der Waals surface area contributed by atoms with Crippen LogP contribution in [0.4, 0.5) is 0 Å². The molecule has 1 heterocycles. The van der Waals surface area contributed by atoms with Crippen LogP contribution < -0.4 is 4.74 Å². The maximum Gasteiger partial charge on any atom is 0.326 e. The number of aliphatic hydroxyl groups excluding tert-OH is 1. The number of carboxylic acids is 1. The van der Waals surface area contributed by atoms with Crippen molar-refractivity contribution in [2.75, 3.05) is 13.2 Å². The van der Waals surface area contributed by atoms with Gasteiger partial charge in [0.25, 0.3) is 0 Å². The molecule has 1 fully saturated rings. The van der Waals surface area contributed by atoms with E-state index in [0.717, 1.165) is 5.56 Å². The van der Waals surface area contributed by atoms with Gasteiger partial charge in [0.15, 0.2) is 0 Å². The summed E-state index contributed by atoms with van der Waals surface area (Å²) in [7, 11) is 0. The molecule has 114 valence electrons. The van der Waals surface area contributed by atoms with Gasteiger partial charge in [-0.05, 0) is 24.6 Å². The summed E-state index contributed by atoms with van der Waals surface area (Å²) < 4.78 is 5.48. The standard InChI is InChI=1S/C15H19NO5/c1-10-3-2-4-12(7-10)21-6-5-14(18)16-9-11(17)8-13(16)15(19)20/h2-4,7,11,13,17H,5-6,8-9H2,1H3,(H,19,20)/t11-,13-/m0/s1. The molecule has 0 aliphatic carbocycles. The molecule has 2 N–H and O–H groups in total. The molecule has 0 unspecified atom stereocenters. The molecule has 6 heteroatoms. The molecule has 1 aliphatic rings. The van der Waals surface area contributed by atoms with Crippen molar-refractivity contribution >= 4 is 11.9 Å². The van der Waals surface area contributed by atoms with Crippen molar-refractivity contribution in [1.29, 1.82) is 0 Å². The number of carbonyl (C=O) groups is 2. The van der Waals surface area contributed by atoms with Gasteiger partial charge in [-0.3, -0.25) is 4.79 Å². The van der Waals surface area contributed by atoms with Crippen molar-refractivity contribution in [2.45, 2.75) is 31.9 Å². The molecule has 0 aromatic heterocycles. The predicted molar refractivity (Wildman–Crippen MR) is 75.1 cm³/mol. The number of aryl methyl sites for hydroxylation is 1. The number of carboxylic acid groups (broad SMARTS) is 1. The van der Waals surface area contributed by atoms with E-state index >= 15 is 0 Å². The van der Waals surface area contributed by atoms with Crippen molar-refractivity contribution < 1.29 is 24.5 Å². The van der Waals surface area contributed by atoms with Crippen LogP contribution in [0.1, 0.15) is 18.4 Å². The first-order chi connectivity index (χ1) is 9.97. The van der Waals surface area contributed by atoms with Crippen LogP contribution in [0.25, 0.3) is 0 Å². The van der Waals surface area contributed by atoms with Crippen LogP contribution in [0.3, 0.4) is 0 Å². The molecule has 1 amide bonds. The number of ether oxygens (including phenoxy) is 1. The molecule has 1 saturated heterocycles. The van der Waals surface area contributed by atoms with E-state index in [1.165, 1.54) is 4.90 Å². The number of hydrogen-bond donors (Lipinski definition) is 2. The largest absolute Gasteiger partial charge is 0.493 e. The lowest BCUT2D eigenvalue weighted by Crippen LogP contribution is -2.41. The Morgan fingerprint density at radius 1 is 1.43 bits per heavy atom. The maximum atomic E-state index is 12.0. The average molecular weight is 293 g/mol. The Labute approximate surface area is 122 Å². The van der Waals surface area contributed by atoms with Crippen molar-refractivity contribution in [3.05, 3.63) is 29.8 Å². The summed E-state index contributed by atoms with van der Waals surface area (Å²) in [6, 6.07) is 6.54. The topological polar surface area (TPSA) is 87.1 Å². The average Bonchev–Trinajstić information content (AvgIpc) is 2.81. The van der Waals surface area contributed by atoms with Gasteiger partial charge in [0.2, 0.25) is 5.91 Å². The van der Waals surface area contributed by atoms with E-state index in [2.05, 4.69) is 0 Å². The Bertz CT molecular complexity index is 531. The highest BCUT2D eigenvalue weighted by Gasteiger charge is 2.38. The number of β-amino-alcohol motifs (C(OH)–C–C–N with tert-alkyl or cyclic N) is 1. The van der Waals surface area contributed by atoms with Crippen LogP contribution in [-0.2, 0) is 9.59 Å². The lowest BCUT2D eigenvalue weighted by Gasteiger charge is -2.21. The van der Waals surface area contributed by atoms with Crippen LogP contribution in [0.5, 0.6) is 5.75 Å². The minimum atomic E-state index is -1.08. The summed E-state index contributed by atoms with van der Waals surface area (Å²) in [5, 5.41) is 18.6. The molecular formula is C15H19NO5. The van der Waals surface area contributed by atoms with Crippen LogP contribution >= 0.6 is 0 Å². The summed E-state index contributed by atoms with van der Waals surface area (Å²) in [6.45, 7) is 2.20. The molecule has 6 nitrogen and oxygen atoms in total. The molecule has 0 bridgehead atoms. The van der Waals surface area contributed by atoms with Crippen molar-refractivity contribution in [3.63, 3.8) is 0 Å². The molecule has 0 radical (unpaired) electrons. The number of nitrogens with zero attached hydrogens (tertiary/aromatic N) is 1. The van der Waals surface area contributed by atoms with Crippen LogP contribution in [0, 0.1) is 6.92 Å². The lowest BCUT2D eigenvalue weighted by molar-refractivity contribution is -0.148. The second kappa shape index (κ2) is 6.58. The molecule has 1 aromatic carbocycles. The van der Waals surface area contributed by atoms with E-state index in [0.29, 0.717) is 5.75 Å². The monoisotopic (exact) mass is 293 g/mol. The third kappa shape index (κ3) is 3.95. The third-order valence-corrected chi connectivity index (χ3v) is 3.46. The highest BCUT2D eigenvalue weighted by Crippen LogP contribution is 2.19. The van der Waals surface area contributed by atoms with Crippen molar-refractivity contribution in [3.8, 4) is 5.75 Å². The van der Waals surface area contributed by atoms with E-state index in [9.17, 15) is 14.7 Å². The summed E-state index contributed by atoms with van der Waals surface area (Å²) >= 11 is 0. The summed E-state index contributed by atoms with van der Waals surface area (Å²) in [4.78, 5) is 24.3. The highest BCUT2D eigenvalue weighted by molar-refractivity contribution is 5.84. The van der Waals surface area contributed by atoms with Crippen LogP contribution in [-0.4, -0.2) is 52.3 Å². The summed E-state index contributed by atoms with van der Waals surface area (Å²) in [5.74, 6) is -0.717. The normalized spacial score (nSPS) is 21.3. The number of amides is 1. The van der Waals surface area contributed by atoms with Gasteiger partial charge < -0.3 is 19.8 Å². The minimum Gasteiger partial charge on any atom is -0.493 e. The minimum absolute atomic E-state index is 0.0697. The number of aliphatic carboxylic acids is 1. The molecular weight excluding hydrogens is 274 g/mol. The fourth-order valence-corrected chi connectivity index (χ4v) is 2.43. The molecule has 21 heavy (non-hydrogen) atoms. The predicted octanol–water partition coefficient (Wildman–Crippen LogP) is 0.810. The van der Waals surface area contributed by atoms with E-state index in [1.807, 2.05) is 25.1 Å². The Hall–Kier alpha value is -2.08. The Kier molecular flexibility index (Phi) is 4.80. The quantitative estimate of drug-likeness (QED) is 0.839. The van der Waals surface area contributed by atoms with Gasteiger partial charge in [-0.1, -0.05) is 12.1 Å². The van der Waals surface area contributed by atoms with E-state index in [1.54, 1.807) is 6.07 Å². The smallest absolute Gasteiger partial charge is 0.326 e. The zero-order valence-corrected chi connectivity index (χ0v) is 11.9. The third-order valence-electron chi connectivity index (χ3n) is 3.46. The Morgan fingerprint density at radius 2 is 2.19 bits per heavy atom. The van der Waals surface area contributed by atoms with E-state index < -0.39 is 18.1 Å². The fourth-order valence-electron chi connectivity index (χ4n) is 2.43. The number of benzene rings is 1. The van der Waals surface area contributed by atoms with Crippen LogP contribution in [0.15, 0.2) is 24.3 Å². The van der Waals surface area contributed by atoms with Gasteiger partial charge in [0.05, 0.1) is 19.1 Å². The zero-order valence-electron chi connectivity index (χ0n) is 11.9. The molecule has 2 atom stereocenters. The van der Waals surface area contributed by atoms with Crippen LogP contribution in [0.2, 0.25) is 0 Å². The second-order valence-electron chi connectivity index (χ2n) is 5.20. The maximum absolute atomic E-state index is 12.0. The van der Waals surface area contributed by atoms with Gasteiger partial charge in [-0.15, -0.1) is 0 Å². The van der Waals surface area contributed by atoms with Gasteiger partial charge in [0, 0.05) is 13.0 Å². The van der Waals surface area contributed by atoms with Crippen molar-refractivity contribution in [1.82, 2.24) is 4.90 Å². The number of likely N-dealkylation sites (tertiary alicyclic amines) is 1. The van der Waals surface area contributed by atoms with Gasteiger partial charge in [-0.25, -0.2) is 4.79 Å². The zero-order chi connectivity index (χ0) is 15.4. The number of rotatable bonds is 5. The fraction of sp³-hybridized carbons (Fsp3) is 0.467. The Morgan fingerprint density at radius 3 is 2.86 bits per heavy atom. The molecule has 0 spiro atoms. The summed E-state index contributed by atoms with van der Waals surface area (Å²) in [6.07, 6.45) is -0.600. The first-order valence-electron chi connectivity index (χ1n) is 6.87.